The third kappa shape index (κ3) is 8.19. The van der Waals surface area contributed by atoms with Crippen molar-refractivity contribution in [2.24, 2.45) is 5.73 Å². The molecular formula is C24H34N6O2. The highest BCUT2D eigenvalue weighted by atomic mass is 16.5. The molecule has 8 nitrogen and oxygen atoms in total. The first-order valence-electron chi connectivity index (χ1n) is 11.0. The summed E-state index contributed by atoms with van der Waals surface area (Å²) in [5, 5.41) is 17.6. The Hall–Kier alpha value is -3.13. The number of ether oxygens (including phenoxy) is 1. The first-order chi connectivity index (χ1) is 15.5. The topological polar surface area (TPSA) is 138 Å². The predicted octanol–water partition coefficient (Wildman–Crippen LogP) is 3.89. The molecule has 1 atom stereocenters. The van der Waals surface area contributed by atoms with E-state index in [2.05, 4.69) is 27.4 Å². The van der Waals surface area contributed by atoms with Gasteiger partial charge in [0.15, 0.2) is 0 Å². The maximum Gasteiger partial charge on any atom is 0.212 e. The summed E-state index contributed by atoms with van der Waals surface area (Å²) in [6.45, 7) is 2.85. The molecule has 3 heterocycles. The van der Waals surface area contributed by atoms with Crippen molar-refractivity contribution in [3.8, 4) is 5.88 Å². The van der Waals surface area contributed by atoms with Crippen LogP contribution in [0.5, 0.6) is 5.88 Å². The van der Waals surface area contributed by atoms with Crippen molar-refractivity contribution in [3.63, 3.8) is 0 Å². The number of carbonyl (C=O) groups excluding carboxylic acids is 1. The van der Waals surface area contributed by atoms with Crippen molar-refractivity contribution in [3.05, 3.63) is 47.3 Å². The van der Waals surface area contributed by atoms with Crippen LogP contribution in [0.15, 0.2) is 30.5 Å². The van der Waals surface area contributed by atoms with Crippen LogP contribution in [0.1, 0.15) is 61.9 Å². The summed E-state index contributed by atoms with van der Waals surface area (Å²) in [6, 6.07) is 7.55. The monoisotopic (exact) mass is 438 g/mol. The fraction of sp³-hybridized carbons (Fsp3) is 0.458. The van der Waals surface area contributed by atoms with E-state index in [0.29, 0.717) is 30.9 Å². The number of anilines is 1. The molecule has 0 radical (unpaired) electrons. The van der Waals surface area contributed by atoms with Gasteiger partial charge in [-0.3, -0.25) is 4.79 Å². The van der Waals surface area contributed by atoms with E-state index in [1.54, 1.807) is 19.4 Å². The van der Waals surface area contributed by atoms with Crippen LogP contribution >= 0.6 is 0 Å². The van der Waals surface area contributed by atoms with Crippen LogP contribution in [0.4, 0.5) is 5.82 Å². The molecule has 0 spiro atoms. The van der Waals surface area contributed by atoms with Crippen LogP contribution < -0.4 is 15.8 Å². The summed E-state index contributed by atoms with van der Waals surface area (Å²) in [4.78, 5) is 19.8. The molecule has 172 valence electrons. The summed E-state index contributed by atoms with van der Waals surface area (Å²) in [6.07, 6.45) is 8.38. The first kappa shape index (κ1) is 25.1. The van der Waals surface area contributed by atoms with Crippen molar-refractivity contribution in [2.45, 2.75) is 57.9 Å². The Labute approximate surface area is 190 Å². The van der Waals surface area contributed by atoms with Crippen LogP contribution in [-0.4, -0.2) is 41.3 Å². The van der Waals surface area contributed by atoms with E-state index in [9.17, 15) is 4.79 Å². The number of nitrogens with zero attached hydrogens (tertiary/aromatic N) is 2. The number of fused-ring (bicyclic) bond motifs is 1. The highest BCUT2D eigenvalue weighted by Crippen LogP contribution is 2.20. The number of ketones is 1. The van der Waals surface area contributed by atoms with Crippen molar-refractivity contribution < 1.29 is 9.53 Å². The van der Waals surface area contributed by atoms with E-state index in [-0.39, 0.29) is 11.8 Å². The SMILES string of the molecule is CCC(=O)CC(N)c1ccc(OC)nc1.N=CC(=N)CCCc1ccc2c(n1)NCCC2. The molecule has 5 N–H and O–H groups in total. The molecule has 1 aliphatic heterocycles. The zero-order valence-corrected chi connectivity index (χ0v) is 19.0. The molecule has 0 saturated heterocycles. The third-order valence-electron chi connectivity index (χ3n) is 5.24. The molecule has 0 amide bonds. The number of hydrogen-bond acceptors (Lipinski definition) is 8. The molecule has 1 aliphatic rings. The maximum atomic E-state index is 11.2. The second kappa shape index (κ2) is 13.3. The summed E-state index contributed by atoms with van der Waals surface area (Å²) in [5.74, 6) is 1.75. The fourth-order valence-corrected chi connectivity index (χ4v) is 3.28. The molecule has 0 fully saturated rings. The van der Waals surface area contributed by atoms with Gasteiger partial charge in [-0.15, -0.1) is 0 Å². The van der Waals surface area contributed by atoms with Gasteiger partial charge >= 0.3 is 0 Å². The molecule has 8 heteroatoms. The van der Waals surface area contributed by atoms with Gasteiger partial charge < -0.3 is 26.6 Å². The number of aryl methyl sites for hydroxylation is 2. The Bertz CT molecular complexity index is 898. The number of methoxy groups -OCH3 is 1. The average molecular weight is 439 g/mol. The van der Waals surface area contributed by atoms with E-state index in [1.165, 1.54) is 12.0 Å². The molecule has 2 aromatic heterocycles. The molecule has 32 heavy (non-hydrogen) atoms. The molecule has 0 aromatic carbocycles. The second-order valence-electron chi connectivity index (χ2n) is 7.70. The van der Waals surface area contributed by atoms with Crippen LogP contribution in [-0.2, 0) is 17.6 Å². The standard InChI is InChI=1S/C13H18N4.C11H16N2O2/c14-9-11(15)4-1-5-12-7-6-10-3-2-8-16-13(10)17-12;1-3-9(14)6-10(12)8-4-5-11(15-2)13-7-8/h6-7,9,14-15H,1-5,8H2,(H,16,17);4-5,7,10H,3,6,12H2,1-2H3. The fourth-order valence-electron chi connectivity index (χ4n) is 3.28. The van der Waals surface area contributed by atoms with E-state index in [0.717, 1.165) is 49.1 Å². The molecular weight excluding hydrogens is 404 g/mol. The Morgan fingerprint density at radius 2 is 2.16 bits per heavy atom. The van der Waals surface area contributed by atoms with E-state index in [1.807, 2.05) is 13.0 Å². The number of carbonyl (C=O) groups is 1. The van der Waals surface area contributed by atoms with Gasteiger partial charge in [-0.1, -0.05) is 19.1 Å². The zero-order chi connectivity index (χ0) is 23.3. The minimum atomic E-state index is -0.268. The van der Waals surface area contributed by atoms with Gasteiger partial charge in [0.25, 0.3) is 0 Å². The normalized spacial score (nSPS) is 13.0. The number of Topliss-reactive ketones (excluding diaryl/α,β-unsaturated/α-hetero) is 1. The second-order valence-corrected chi connectivity index (χ2v) is 7.70. The van der Waals surface area contributed by atoms with Gasteiger partial charge in [0.05, 0.1) is 7.11 Å². The maximum absolute atomic E-state index is 11.2. The van der Waals surface area contributed by atoms with Gasteiger partial charge in [-0.2, -0.15) is 0 Å². The van der Waals surface area contributed by atoms with Crippen LogP contribution in [0, 0.1) is 10.8 Å². The molecule has 0 aliphatic carbocycles. The van der Waals surface area contributed by atoms with Gasteiger partial charge in [0.2, 0.25) is 5.88 Å². The minimum Gasteiger partial charge on any atom is -0.481 e. The van der Waals surface area contributed by atoms with E-state index < -0.39 is 0 Å². The summed E-state index contributed by atoms with van der Waals surface area (Å²) < 4.78 is 4.93. The Morgan fingerprint density at radius 3 is 2.81 bits per heavy atom. The van der Waals surface area contributed by atoms with Crippen molar-refractivity contribution in [1.29, 1.82) is 10.8 Å². The number of rotatable bonds is 10. The number of nitrogens with one attached hydrogen (secondary N) is 3. The van der Waals surface area contributed by atoms with Crippen molar-refractivity contribution in [2.75, 3.05) is 19.0 Å². The highest BCUT2D eigenvalue weighted by molar-refractivity contribution is 6.27. The lowest BCUT2D eigenvalue weighted by atomic mass is 10.0. The zero-order valence-electron chi connectivity index (χ0n) is 19.0. The van der Waals surface area contributed by atoms with Crippen molar-refractivity contribution in [1.82, 2.24) is 9.97 Å². The number of pyridine rings is 2. The molecule has 2 aromatic rings. The summed E-state index contributed by atoms with van der Waals surface area (Å²) >= 11 is 0. The largest absolute Gasteiger partial charge is 0.481 e. The van der Waals surface area contributed by atoms with Gasteiger partial charge in [-0.05, 0) is 49.3 Å². The van der Waals surface area contributed by atoms with Crippen LogP contribution in [0.25, 0.3) is 0 Å². The number of nitrogens with two attached hydrogens (primary N) is 1. The lowest BCUT2D eigenvalue weighted by molar-refractivity contribution is -0.119. The van der Waals surface area contributed by atoms with Gasteiger partial charge in [0.1, 0.15) is 11.6 Å². The molecule has 0 bridgehead atoms. The number of hydrogen-bond donors (Lipinski definition) is 4. The molecule has 0 saturated carbocycles. The van der Waals surface area contributed by atoms with Gasteiger partial charge in [0, 0.05) is 55.3 Å². The average Bonchev–Trinajstić information content (AvgIpc) is 2.84. The van der Waals surface area contributed by atoms with E-state index in [4.69, 9.17) is 21.3 Å². The van der Waals surface area contributed by atoms with Crippen molar-refractivity contribution >= 4 is 23.5 Å². The lowest BCUT2D eigenvalue weighted by Crippen LogP contribution is -2.15. The lowest BCUT2D eigenvalue weighted by Gasteiger charge is -2.17. The minimum absolute atomic E-state index is 0.165. The molecule has 3 rings (SSSR count). The Balaban J connectivity index is 0.000000229. The predicted molar refractivity (Wildman–Crippen MR) is 128 cm³/mol. The summed E-state index contributed by atoms with van der Waals surface area (Å²) in [5.41, 5.74) is 9.50. The van der Waals surface area contributed by atoms with Crippen LogP contribution in [0.2, 0.25) is 0 Å². The highest BCUT2D eigenvalue weighted by Gasteiger charge is 2.11. The first-order valence-corrected chi connectivity index (χ1v) is 11.0. The third-order valence-corrected chi connectivity index (χ3v) is 5.24. The smallest absolute Gasteiger partial charge is 0.212 e. The Morgan fingerprint density at radius 1 is 1.34 bits per heavy atom. The van der Waals surface area contributed by atoms with Gasteiger partial charge in [-0.25, -0.2) is 9.97 Å². The summed E-state index contributed by atoms with van der Waals surface area (Å²) in [7, 11) is 1.56. The molecule has 1 unspecified atom stereocenters. The number of aromatic nitrogens is 2. The quantitative estimate of drug-likeness (QED) is 0.415. The van der Waals surface area contributed by atoms with E-state index >= 15 is 0 Å². The van der Waals surface area contributed by atoms with Crippen LogP contribution in [0.3, 0.4) is 0 Å². The Kier molecular flexibility index (Phi) is 10.5.